The molecule has 4 rings (SSSR count). The van der Waals surface area contributed by atoms with Gasteiger partial charge in [-0.2, -0.15) is 0 Å². The van der Waals surface area contributed by atoms with E-state index in [9.17, 15) is 9.59 Å². The lowest BCUT2D eigenvalue weighted by Gasteiger charge is -2.33. The molecule has 0 bridgehead atoms. The summed E-state index contributed by atoms with van der Waals surface area (Å²) in [6, 6.07) is 5.74. The quantitative estimate of drug-likeness (QED) is 0.814. The number of nitrogens with zero attached hydrogens (tertiary/aromatic N) is 3. The van der Waals surface area contributed by atoms with Crippen molar-refractivity contribution in [2.24, 2.45) is 0 Å². The minimum Gasteiger partial charge on any atom is -0.482 e. The van der Waals surface area contributed by atoms with Crippen LogP contribution in [0, 0.1) is 13.8 Å². The topological polar surface area (TPSA) is 62.7 Å². The first-order valence-corrected chi connectivity index (χ1v) is 10.1. The Morgan fingerprint density at radius 1 is 1.22 bits per heavy atom. The number of amides is 2. The average Bonchev–Trinajstić information content (AvgIpc) is 3.02. The third-order valence-electron chi connectivity index (χ3n) is 5.08. The van der Waals surface area contributed by atoms with Crippen LogP contribution in [-0.4, -0.2) is 47.9 Å². The van der Waals surface area contributed by atoms with Crippen LogP contribution in [0.1, 0.15) is 29.1 Å². The number of piperidine rings is 1. The molecule has 0 aliphatic carbocycles. The minimum absolute atomic E-state index is 0.00184. The molecule has 142 valence electrons. The number of benzene rings is 1. The van der Waals surface area contributed by atoms with Gasteiger partial charge in [0.1, 0.15) is 12.3 Å². The maximum Gasteiger partial charge on any atom is 0.265 e. The molecule has 3 heterocycles. The minimum atomic E-state index is -0.184. The Hall–Kier alpha value is -2.41. The van der Waals surface area contributed by atoms with Gasteiger partial charge in [-0.3, -0.25) is 14.5 Å². The van der Waals surface area contributed by atoms with Crippen molar-refractivity contribution >= 4 is 28.8 Å². The number of anilines is 1. The van der Waals surface area contributed by atoms with E-state index in [1.165, 1.54) is 6.42 Å². The molecule has 2 amide bonds. The van der Waals surface area contributed by atoms with Gasteiger partial charge in [-0.15, -0.1) is 11.3 Å². The highest BCUT2D eigenvalue weighted by Gasteiger charge is 2.30. The number of carbonyl (C=O) groups excluding carboxylic acids is 2. The molecule has 1 fully saturated rings. The molecule has 0 spiro atoms. The number of likely N-dealkylation sites (tertiary alicyclic amines) is 1. The van der Waals surface area contributed by atoms with Gasteiger partial charge in [-0.05, 0) is 51.3 Å². The normalized spacial score (nSPS) is 16.9. The number of fused-ring (bicyclic) bond motifs is 1. The highest BCUT2D eigenvalue weighted by atomic mass is 32.1. The lowest BCUT2D eigenvalue weighted by Crippen LogP contribution is -2.47. The molecule has 0 unspecified atom stereocenters. The zero-order valence-corrected chi connectivity index (χ0v) is 16.5. The van der Waals surface area contributed by atoms with Gasteiger partial charge in [0.25, 0.3) is 5.91 Å². The second kappa shape index (κ2) is 7.31. The summed E-state index contributed by atoms with van der Waals surface area (Å²) in [6.07, 6.45) is 3.23. The lowest BCUT2D eigenvalue weighted by molar-refractivity contribution is -0.132. The maximum absolute atomic E-state index is 12.7. The van der Waals surface area contributed by atoms with Crippen molar-refractivity contribution in [2.75, 3.05) is 31.1 Å². The van der Waals surface area contributed by atoms with Gasteiger partial charge in [0.05, 0.1) is 16.4 Å². The third kappa shape index (κ3) is 3.56. The number of hydrogen-bond donors (Lipinski definition) is 0. The molecule has 27 heavy (non-hydrogen) atoms. The van der Waals surface area contributed by atoms with Gasteiger partial charge in [0.15, 0.2) is 6.61 Å². The molecule has 2 aliphatic rings. The first-order chi connectivity index (χ1) is 13.0. The number of thiazole rings is 1. The van der Waals surface area contributed by atoms with Crippen molar-refractivity contribution in [3.63, 3.8) is 0 Å². The van der Waals surface area contributed by atoms with Crippen LogP contribution in [-0.2, 0) is 9.59 Å². The fraction of sp³-hybridized carbons (Fsp3) is 0.450. The van der Waals surface area contributed by atoms with Gasteiger partial charge in [0, 0.05) is 23.5 Å². The number of hydrogen-bond acceptors (Lipinski definition) is 5. The van der Waals surface area contributed by atoms with Crippen molar-refractivity contribution < 1.29 is 14.3 Å². The van der Waals surface area contributed by atoms with Crippen LogP contribution < -0.4 is 9.64 Å². The largest absolute Gasteiger partial charge is 0.482 e. The van der Waals surface area contributed by atoms with E-state index >= 15 is 0 Å². The van der Waals surface area contributed by atoms with Crippen LogP contribution in [0.4, 0.5) is 5.69 Å². The molecule has 0 atom stereocenters. The van der Waals surface area contributed by atoms with Crippen LogP contribution in [0.25, 0.3) is 11.3 Å². The Morgan fingerprint density at radius 3 is 2.70 bits per heavy atom. The summed E-state index contributed by atoms with van der Waals surface area (Å²) < 4.78 is 5.59. The Labute approximate surface area is 162 Å². The van der Waals surface area contributed by atoms with Crippen molar-refractivity contribution in [1.82, 2.24) is 9.88 Å². The maximum atomic E-state index is 12.7. The summed E-state index contributed by atoms with van der Waals surface area (Å²) in [5, 5.41) is 1.00. The van der Waals surface area contributed by atoms with Gasteiger partial charge < -0.3 is 9.64 Å². The van der Waals surface area contributed by atoms with Crippen molar-refractivity contribution in [3.8, 4) is 17.0 Å². The number of carbonyl (C=O) groups is 2. The van der Waals surface area contributed by atoms with E-state index in [-0.39, 0.29) is 25.0 Å². The molecule has 7 heteroatoms. The molecule has 0 N–H and O–H groups in total. The Balaban J connectivity index is 1.64. The van der Waals surface area contributed by atoms with Gasteiger partial charge in [-0.25, -0.2) is 4.98 Å². The summed E-state index contributed by atoms with van der Waals surface area (Å²) in [6.45, 7) is 5.61. The second-order valence-electron chi connectivity index (χ2n) is 7.03. The van der Waals surface area contributed by atoms with Gasteiger partial charge in [-0.1, -0.05) is 0 Å². The van der Waals surface area contributed by atoms with E-state index in [0.717, 1.165) is 47.1 Å². The van der Waals surface area contributed by atoms with E-state index in [1.54, 1.807) is 16.2 Å². The number of aromatic nitrogens is 1. The average molecular weight is 385 g/mol. The molecule has 1 aromatic heterocycles. The zero-order chi connectivity index (χ0) is 19.0. The lowest BCUT2D eigenvalue weighted by atomic mass is 10.1. The molecule has 0 saturated carbocycles. The first kappa shape index (κ1) is 18.0. The molecular formula is C20H23N3O3S. The van der Waals surface area contributed by atoms with Crippen LogP contribution in [0.3, 0.4) is 0 Å². The Bertz CT molecular complexity index is 887. The fourth-order valence-corrected chi connectivity index (χ4v) is 4.54. The monoisotopic (exact) mass is 385 g/mol. The Morgan fingerprint density at radius 2 is 2.00 bits per heavy atom. The summed E-state index contributed by atoms with van der Waals surface area (Å²) in [5.74, 6) is 0.451. The number of ether oxygens (including phenoxy) is 1. The molecule has 1 aromatic carbocycles. The predicted molar refractivity (Wildman–Crippen MR) is 105 cm³/mol. The molecular weight excluding hydrogens is 362 g/mol. The van der Waals surface area contributed by atoms with E-state index in [0.29, 0.717) is 11.4 Å². The Kier molecular flexibility index (Phi) is 4.86. The second-order valence-corrected chi connectivity index (χ2v) is 8.44. The summed E-state index contributed by atoms with van der Waals surface area (Å²) in [7, 11) is 0. The van der Waals surface area contributed by atoms with E-state index in [4.69, 9.17) is 4.74 Å². The predicted octanol–water partition coefficient (Wildman–Crippen LogP) is 3.16. The first-order valence-electron chi connectivity index (χ1n) is 9.32. The van der Waals surface area contributed by atoms with Crippen molar-refractivity contribution in [2.45, 2.75) is 33.1 Å². The van der Waals surface area contributed by atoms with Crippen LogP contribution in [0.15, 0.2) is 18.2 Å². The van der Waals surface area contributed by atoms with Crippen molar-refractivity contribution in [3.05, 3.63) is 28.1 Å². The van der Waals surface area contributed by atoms with E-state index < -0.39 is 0 Å². The molecule has 2 aromatic rings. The van der Waals surface area contributed by atoms with Gasteiger partial charge >= 0.3 is 0 Å². The highest BCUT2D eigenvalue weighted by Crippen LogP contribution is 2.37. The van der Waals surface area contributed by atoms with E-state index in [2.05, 4.69) is 4.98 Å². The van der Waals surface area contributed by atoms with Crippen LogP contribution in [0.2, 0.25) is 0 Å². The standard InChI is InChI=1S/C20H23N3O3S/c1-13-20(21-14(2)27-13)15-6-7-17-16(10-15)23(19(25)12-26-17)11-18(24)22-8-4-3-5-9-22/h6-7,10H,3-5,8-9,11-12H2,1-2H3. The molecule has 2 aliphatic heterocycles. The molecule has 1 saturated heterocycles. The van der Waals surface area contributed by atoms with Gasteiger partial charge in [0.2, 0.25) is 5.91 Å². The third-order valence-corrected chi connectivity index (χ3v) is 5.97. The summed E-state index contributed by atoms with van der Waals surface area (Å²) >= 11 is 1.65. The van der Waals surface area contributed by atoms with Crippen LogP contribution in [0.5, 0.6) is 5.75 Å². The highest BCUT2D eigenvalue weighted by molar-refractivity contribution is 7.11. The van der Waals surface area contributed by atoms with E-state index in [1.807, 2.05) is 36.9 Å². The molecule has 0 radical (unpaired) electrons. The van der Waals surface area contributed by atoms with Crippen molar-refractivity contribution in [1.29, 1.82) is 0 Å². The SMILES string of the molecule is Cc1nc(-c2ccc3c(c2)N(CC(=O)N2CCCCC2)C(=O)CO3)c(C)s1. The fourth-order valence-electron chi connectivity index (χ4n) is 3.70. The van der Waals surface area contributed by atoms with Crippen LogP contribution >= 0.6 is 11.3 Å². The smallest absolute Gasteiger partial charge is 0.265 e. The zero-order valence-electron chi connectivity index (χ0n) is 15.7. The number of rotatable bonds is 3. The summed E-state index contributed by atoms with van der Waals surface area (Å²) in [4.78, 5) is 34.4. The summed E-state index contributed by atoms with van der Waals surface area (Å²) in [5.41, 5.74) is 2.50. The number of aryl methyl sites for hydroxylation is 2. The molecule has 6 nitrogen and oxygen atoms in total.